The van der Waals surface area contributed by atoms with Crippen LogP contribution in [0.2, 0.25) is 0 Å². The van der Waals surface area contributed by atoms with Gasteiger partial charge in [-0.2, -0.15) is 0 Å². The number of amides is 1. The number of hydrogen-bond acceptors (Lipinski definition) is 6. The van der Waals surface area contributed by atoms with Crippen molar-refractivity contribution in [3.63, 3.8) is 0 Å². The van der Waals surface area contributed by atoms with E-state index in [1.165, 1.54) is 6.08 Å². The number of benzene rings is 2. The quantitative estimate of drug-likeness (QED) is 0.0728. The number of nitrogens with zero attached hydrogens (tertiary/aromatic N) is 2. The van der Waals surface area contributed by atoms with E-state index >= 15 is 0 Å². The first-order valence-electron chi connectivity index (χ1n) is 14.7. The van der Waals surface area contributed by atoms with Gasteiger partial charge in [0.05, 0.1) is 31.9 Å². The Morgan fingerprint density at radius 3 is 2.57 bits per heavy atom. The van der Waals surface area contributed by atoms with E-state index in [2.05, 4.69) is 23.8 Å². The molecule has 234 valence electrons. The zero-order valence-electron chi connectivity index (χ0n) is 26.1. The third-order valence-electron chi connectivity index (χ3n) is 6.73. The summed E-state index contributed by atoms with van der Waals surface area (Å²) in [7, 11) is 1.59. The molecule has 9 heteroatoms. The van der Waals surface area contributed by atoms with Crippen molar-refractivity contribution in [1.82, 2.24) is 14.9 Å². The van der Waals surface area contributed by atoms with Gasteiger partial charge in [-0.15, -0.1) is 0 Å². The number of rotatable bonds is 18. The first kappa shape index (κ1) is 34.4. The van der Waals surface area contributed by atoms with E-state index in [-0.39, 0.29) is 5.91 Å². The number of imidazole rings is 1. The van der Waals surface area contributed by atoms with Crippen LogP contribution < -0.4 is 14.8 Å². The van der Waals surface area contributed by atoms with Gasteiger partial charge in [0.15, 0.2) is 5.75 Å². The lowest BCUT2D eigenvalue weighted by atomic mass is 10.0. The van der Waals surface area contributed by atoms with Gasteiger partial charge in [0.1, 0.15) is 23.0 Å². The Morgan fingerprint density at radius 1 is 1.09 bits per heavy atom. The number of ether oxygens (including phenoxy) is 3. The molecule has 0 spiro atoms. The zero-order chi connectivity index (χ0) is 31.7. The summed E-state index contributed by atoms with van der Waals surface area (Å²) in [6, 6.07) is 13.7. The van der Waals surface area contributed by atoms with Crippen LogP contribution in [0.3, 0.4) is 0 Å². The summed E-state index contributed by atoms with van der Waals surface area (Å²) in [4.78, 5) is 17.6. The van der Waals surface area contributed by atoms with Crippen LogP contribution in [0.25, 0.3) is 17.2 Å². The van der Waals surface area contributed by atoms with Gasteiger partial charge in [-0.3, -0.25) is 4.79 Å². The fraction of sp³-hybridized carbons (Fsp3) is 0.314. The predicted molar refractivity (Wildman–Crippen MR) is 179 cm³/mol. The van der Waals surface area contributed by atoms with Gasteiger partial charge in [-0.1, -0.05) is 38.1 Å². The summed E-state index contributed by atoms with van der Waals surface area (Å²) in [5, 5.41) is 2.81. The van der Waals surface area contributed by atoms with E-state index in [0.717, 1.165) is 54.1 Å². The number of methoxy groups -OCH3 is 1. The minimum absolute atomic E-state index is 0.331. The molecule has 1 atom stereocenters. The van der Waals surface area contributed by atoms with Gasteiger partial charge in [0, 0.05) is 37.4 Å². The third-order valence-corrected chi connectivity index (χ3v) is 8.14. The molecule has 0 radical (unpaired) electrons. The monoisotopic (exact) mass is 617 g/mol. The summed E-state index contributed by atoms with van der Waals surface area (Å²) in [5.41, 5.74) is 4.14. The highest BCUT2D eigenvalue weighted by atomic mass is 32.2. The third kappa shape index (κ3) is 10.9. The van der Waals surface area contributed by atoms with Crippen LogP contribution in [0.15, 0.2) is 96.5 Å². The molecular formula is C35H43N3O5S. The SMILES string of the molecule is C=C/C(=C\C=C(/C)[S@+]([O-])Cc1cncn1CC)NC(=O)/C=C\c1cc(-c2ccc(OCCOCCCC)cc2)ccc1OC. The Balaban J connectivity index is 1.62. The molecule has 1 heterocycles. The van der Waals surface area contributed by atoms with Crippen LogP contribution in [-0.4, -0.2) is 46.9 Å². The minimum atomic E-state index is -1.22. The van der Waals surface area contributed by atoms with Crippen molar-refractivity contribution >= 4 is 23.2 Å². The zero-order valence-corrected chi connectivity index (χ0v) is 26.9. The molecule has 0 saturated carbocycles. The van der Waals surface area contributed by atoms with Crippen molar-refractivity contribution in [2.45, 2.75) is 45.9 Å². The molecular weight excluding hydrogens is 574 g/mol. The smallest absolute Gasteiger partial charge is 0.248 e. The Morgan fingerprint density at radius 2 is 1.86 bits per heavy atom. The first-order chi connectivity index (χ1) is 21.4. The highest BCUT2D eigenvalue weighted by Crippen LogP contribution is 2.29. The highest BCUT2D eigenvalue weighted by Gasteiger charge is 2.14. The van der Waals surface area contributed by atoms with E-state index in [9.17, 15) is 9.35 Å². The molecule has 1 amide bonds. The van der Waals surface area contributed by atoms with Gasteiger partial charge >= 0.3 is 0 Å². The second-order valence-electron chi connectivity index (χ2n) is 9.88. The molecule has 2 aromatic carbocycles. The molecule has 0 aliphatic carbocycles. The highest BCUT2D eigenvalue weighted by molar-refractivity contribution is 7.94. The van der Waals surface area contributed by atoms with Crippen LogP contribution in [0.1, 0.15) is 44.9 Å². The Kier molecular flexibility index (Phi) is 14.5. The predicted octanol–water partition coefficient (Wildman–Crippen LogP) is 6.83. The lowest BCUT2D eigenvalue weighted by Gasteiger charge is -2.11. The molecule has 44 heavy (non-hydrogen) atoms. The number of aromatic nitrogens is 2. The van der Waals surface area contributed by atoms with Crippen LogP contribution in [-0.2, 0) is 33.0 Å². The molecule has 0 saturated heterocycles. The van der Waals surface area contributed by atoms with Crippen molar-refractivity contribution in [1.29, 1.82) is 0 Å². The molecule has 3 aromatic rings. The van der Waals surface area contributed by atoms with E-state index in [4.69, 9.17) is 14.2 Å². The second kappa shape index (κ2) is 18.6. The van der Waals surface area contributed by atoms with Gasteiger partial charge in [0.2, 0.25) is 5.91 Å². The molecule has 0 aliphatic rings. The van der Waals surface area contributed by atoms with Crippen molar-refractivity contribution in [2.75, 3.05) is 26.9 Å². The van der Waals surface area contributed by atoms with Crippen LogP contribution >= 0.6 is 0 Å². The summed E-state index contributed by atoms with van der Waals surface area (Å²) in [6.45, 7) is 12.3. The van der Waals surface area contributed by atoms with Crippen LogP contribution in [0.4, 0.5) is 0 Å². The number of unbranched alkanes of at least 4 members (excludes halogenated alkanes) is 1. The standard InChI is InChI=1S/C35H43N3O5S/c1-6-9-20-42-21-22-43-33-16-11-28(12-17-33)29-13-18-34(41-5)30(23-29)14-19-35(39)37-31(7-2)15-10-27(4)44(40)25-32-24-36-26-38(32)8-3/h7,10-19,23-24,26H,2,6,8-9,20-22,25H2,1,3-5H3,(H,37,39)/b19-14-,27-10+,31-15+/t44-/m1/s1. The summed E-state index contributed by atoms with van der Waals surface area (Å²) in [5.74, 6) is 1.47. The van der Waals surface area contributed by atoms with Crippen molar-refractivity contribution in [3.8, 4) is 22.6 Å². The summed E-state index contributed by atoms with van der Waals surface area (Å²) in [6.07, 6.45) is 13.8. The molecule has 1 aromatic heterocycles. The van der Waals surface area contributed by atoms with E-state index in [1.807, 2.05) is 54.0 Å². The van der Waals surface area contributed by atoms with Gasteiger partial charge in [0.25, 0.3) is 0 Å². The molecule has 0 fully saturated rings. The first-order valence-corrected chi connectivity index (χ1v) is 16.1. The largest absolute Gasteiger partial charge is 0.611 e. The van der Waals surface area contributed by atoms with Crippen molar-refractivity contribution < 1.29 is 23.6 Å². The van der Waals surface area contributed by atoms with Gasteiger partial charge < -0.3 is 28.6 Å². The van der Waals surface area contributed by atoms with E-state index < -0.39 is 11.2 Å². The summed E-state index contributed by atoms with van der Waals surface area (Å²) >= 11 is -1.22. The molecule has 0 bridgehead atoms. The van der Waals surface area contributed by atoms with E-state index in [1.54, 1.807) is 50.9 Å². The van der Waals surface area contributed by atoms with Crippen LogP contribution in [0.5, 0.6) is 11.5 Å². The maximum absolute atomic E-state index is 12.8. The Bertz CT molecular complexity index is 1440. The van der Waals surface area contributed by atoms with Crippen LogP contribution in [0, 0.1) is 0 Å². The normalized spacial score (nSPS) is 12.8. The lowest BCUT2D eigenvalue weighted by molar-refractivity contribution is -0.115. The Hall–Kier alpha value is -4.05. The number of nitrogens with one attached hydrogen (secondary N) is 1. The Labute approximate surface area is 264 Å². The molecule has 0 unspecified atom stereocenters. The minimum Gasteiger partial charge on any atom is -0.611 e. The average Bonchev–Trinajstić information content (AvgIpc) is 3.50. The molecule has 3 rings (SSSR count). The second-order valence-corrected chi connectivity index (χ2v) is 11.5. The fourth-order valence-electron chi connectivity index (χ4n) is 4.15. The number of carbonyl (C=O) groups excluding carboxylic acids is 1. The maximum atomic E-state index is 12.8. The van der Waals surface area contributed by atoms with Crippen molar-refractivity contribution in [3.05, 3.63) is 108 Å². The van der Waals surface area contributed by atoms with Gasteiger partial charge in [-0.05, 0) is 84.2 Å². The lowest BCUT2D eigenvalue weighted by Crippen LogP contribution is -2.19. The molecule has 1 N–H and O–H groups in total. The summed E-state index contributed by atoms with van der Waals surface area (Å²) < 4.78 is 31.6. The maximum Gasteiger partial charge on any atom is 0.248 e. The topological polar surface area (TPSA) is 97.7 Å². The number of hydrogen-bond donors (Lipinski definition) is 1. The number of allylic oxidation sites excluding steroid dienone is 4. The van der Waals surface area contributed by atoms with E-state index in [0.29, 0.717) is 35.3 Å². The average molecular weight is 618 g/mol. The molecule has 0 aliphatic heterocycles. The number of carbonyl (C=O) groups is 1. The fourth-order valence-corrected chi connectivity index (χ4v) is 5.11. The molecule has 8 nitrogen and oxygen atoms in total. The van der Waals surface area contributed by atoms with Gasteiger partial charge in [-0.25, -0.2) is 4.98 Å². The number of aryl methyl sites for hydroxylation is 1. The van der Waals surface area contributed by atoms with Crippen molar-refractivity contribution in [2.24, 2.45) is 0 Å².